The average Bonchev–Trinajstić information content (AvgIpc) is 2.69. The maximum absolute atomic E-state index is 13.5. The van der Waals surface area contributed by atoms with Gasteiger partial charge in [-0.1, -0.05) is 24.6 Å². The summed E-state index contributed by atoms with van der Waals surface area (Å²) in [5, 5.41) is 11.9. The smallest absolute Gasteiger partial charge is 0.313 e. The lowest BCUT2D eigenvalue weighted by Gasteiger charge is -2.38. The normalized spacial score (nSPS) is 20.2. The highest BCUT2D eigenvalue weighted by molar-refractivity contribution is 6.39. The number of nitrogens with zero attached hydrogens (tertiary/aromatic N) is 2. The molecule has 2 aromatic rings. The van der Waals surface area contributed by atoms with Crippen molar-refractivity contribution in [2.75, 3.05) is 11.9 Å². The molecule has 0 aliphatic carbocycles. The molecule has 4 N–H and O–H groups in total. The Balaban J connectivity index is 1.81. The maximum Gasteiger partial charge on any atom is 0.313 e. The number of aromatic nitrogens is 1. The minimum Gasteiger partial charge on any atom is -0.374 e. The highest BCUT2D eigenvalue weighted by Crippen LogP contribution is 2.35. The molecule has 2 amide bonds. The third-order valence-corrected chi connectivity index (χ3v) is 5.25. The Hall–Kier alpha value is -2.55. The lowest BCUT2D eigenvalue weighted by atomic mass is 9.89. The first kappa shape index (κ1) is 21.2. The predicted octanol–water partition coefficient (Wildman–Crippen LogP) is 2.76. The molecule has 9 heteroatoms. The van der Waals surface area contributed by atoms with Gasteiger partial charge in [-0.2, -0.15) is 0 Å². The number of halogens is 2. The molecule has 1 aromatic heterocycles. The van der Waals surface area contributed by atoms with E-state index in [2.05, 4.69) is 10.3 Å². The molecule has 3 atom stereocenters. The highest BCUT2D eigenvalue weighted by Gasteiger charge is 2.34. The van der Waals surface area contributed by atoms with Gasteiger partial charge in [-0.3, -0.25) is 14.6 Å². The number of carbonyl (C=O) groups is 2. The van der Waals surface area contributed by atoms with Gasteiger partial charge in [0, 0.05) is 18.3 Å². The SMILES string of the molecule is C[C@H]1CC[C@H](c2ccc(F)c(Cl)c2)N(C(=O)C(=O)Nc2cncc(C(N)O)c2)C1. The van der Waals surface area contributed by atoms with Crippen molar-refractivity contribution in [1.82, 2.24) is 9.88 Å². The average molecular weight is 421 g/mol. The van der Waals surface area contributed by atoms with Gasteiger partial charge in [-0.15, -0.1) is 0 Å². The summed E-state index contributed by atoms with van der Waals surface area (Å²) in [6, 6.07) is 5.40. The van der Waals surface area contributed by atoms with Gasteiger partial charge in [-0.25, -0.2) is 4.39 Å². The molecule has 29 heavy (non-hydrogen) atoms. The van der Waals surface area contributed by atoms with Crippen LogP contribution in [-0.4, -0.2) is 33.3 Å². The summed E-state index contributed by atoms with van der Waals surface area (Å²) < 4.78 is 13.5. The third-order valence-electron chi connectivity index (χ3n) is 4.96. The third kappa shape index (κ3) is 4.90. The van der Waals surface area contributed by atoms with Crippen LogP contribution < -0.4 is 11.1 Å². The van der Waals surface area contributed by atoms with Gasteiger partial charge in [0.05, 0.1) is 22.9 Å². The zero-order valence-corrected chi connectivity index (χ0v) is 16.6. The summed E-state index contributed by atoms with van der Waals surface area (Å²) in [6.07, 6.45) is 2.98. The minimum absolute atomic E-state index is 0.0267. The number of benzene rings is 1. The van der Waals surface area contributed by atoms with Crippen molar-refractivity contribution in [1.29, 1.82) is 0 Å². The maximum atomic E-state index is 13.5. The summed E-state index contributed by atoms with van der Waals surface area (Å²) in [6.45, 7) is 2.40. The number of aliphatic hydroxyl groups is 1. The van der Waals surface area contributed by atoms with Crippen LogP contribution in [0.3, 0.4) is 0 Å². The van der Waals surface area contributed by atoms with E-state index in [0.717, 1.165) is 6.42 Å². The fraction of sp³-hybridized carbons (Fsp3) is 0.350. The van der Waals surface area contributed by atoms with Crippen LogP contribution in [0.15, 0.2) is 36.7 Å². The zero-order chi connectivity index (χ0) is 21.1. The van der Waals surface area contributed by atoms with Crippen molar-refractivity contribution < 1.29 is 19.1 Å². The second-order valence-corrected chi connectivity index (χ2v) is 7.64. The number of rotatable bonds is 3. The predicted molar refractivity (Wildman–Crippen MR) is 106 cm³/mol. The number of hydrogen-bond donors (Lipinski definition) is 3. The Morgan fingerprint density at radius 1 is 1.34 bits per heavy atom. The number of nitrogens with two attached hydrogens (primary N) is 1. The van der Waals surface area contributed by atoms with Crippen molar-refractivity contribution >= 4 is 29.1 Å². The van der Waals surface area contributed by atoms with Gasteiger partial charge in [0.2, 0.25) is 0 Å². The van der Waals surface area contributed by atoms with E-state index < -0.39 is 23.9 Å². The highest BCUT2D eigenvalue weighted by atomic mass is 35.5. The van der Waals surface area contributed by atoms with E-state index in [1.807, 2.05) is 6.92 Å². The number of pyridine rings is 1. The standard InChI is InChI=1S/C20H22ClFN4O3/c1-11-2-5-17(12-3-4-16(22)15(21)7-12)26(10-11)20(29)19(28)25-14-6-13(18(23)27)8-24-9-14/h3-4,6-9,11,17-18,27H,2,5,10,23H2,1H3,(H,25,28)/t11-,17+,18?/m0/s1. The molecule has 1 fully saturated rings. The topological polar surface area (TPSA) is 109 Å². The van der Waals surface area contributed by atoms with Crippen molar-refractivity contribution in [3.63, 3.8) is 0 Å². The summed E-state index contributed by atoms with van der Waals surface area (Å²) in [4.78, 5) is 30.9. The first-order valence-corrected chi connectivity index (χ1v) is 9.59. The molecule has 1 aliphatic heterocycles. The number of piperidine rings is 1. The van der Waals surface area contributed by atoms with Gasteiger partial charge in [-0.05, 0) is 42.5 Å². The van der Waals surface area contributed by atoms with Gasteiger partial charge < -0.3 is 21.1 Å². The molecule has 154 valence electrons. The van der Waals surface area contributed by atoms with E-state index >= 15 is 0 Å². The van der Waals surface area contributed by atoms with Crippen LogP contribution in [0.4, 0.5) is 10.1 Å². The molecular weight excluding hydrogens is 399 g/mol. The van der Waals surface area contributed by atoms with E-state index in [9.17, 15) is 19.1 Å². The molecule has 1 unspecified atom stereocenters. The Bertz CT molecular complexity index is 924. The van der Waals surface area contributed by atoms with E-state index in [1.165, 1.54) is 35.5 Å². The number of nitrogens with one attached hydrogen (secondary N) is 1. The molecule has 1 saturated heterocycles. The van der Waals surface area contributed by atoms with E-state index in [1.54, 1.807) is 6.07 Å². The summed E-state index contributed by atoms with van der Waals surface area (Å²) in [5.74, 6) is -1.86. The molecule has 1 aliphatic rings. The van der Waals surface area contributed by atoms with Crippen molar-refractivity contribution in [2.24, 2.45) is 11.7 Å². The first-order valence-electron chi connectivity index (χ1n) is 9.21. The Morgan fingerprint density at radius 3 is 2.79 bits per heavy atom. The largest absolute Gasteiger partial charge is 0.374 e. The Labute approximate surface area is 172 Å². The molecule has 0 spiro atoms. The van der Waals surface area contributed by atoms with Gasteiger partial charge in [0.15, 0.2) is 0 Å². The molecule has 0 radical (unpaired) electrons. The van der Waals surface area contributed by atoms with Crippen LogP contribution in [0.2, 0.25) is 5.02 Å². The molecule has 0 bridgehead atoms. The van der Waals surface area contributed by atoms with E-state index in [4.69, 9.17) is 17.3 Å². The number of likely N-dealkylation sites (tertiary alicyclic amines) is 1. The number of hydrogen-bond acceptors (Lipinski definition) is 5. The van der Waals surface area contributed by atoms with Gasteiger partial charge in [0.25, 0.3) is 0 Å². The van der Waals surface area contributed by atoms with Gasteiger partial charge >= 0.3 is 11.8 Å². The number of anilines is 1. The minimum atomic E-state index is -1.24. The monoisotopic (exact) mass is 420 g/mol. The Morgan fingerprint density at radius 2 is 2.10 bits per heavy atom. The molecule has 7 nitrogen and oxygen atoms in total. The number of aliphatic hydroxyl groups excluding tert-OH is 1. The molecular formula is C20H22ClFN4O3. The van der Waals surface area contributed by atoms with Crippen molar-refractivity contribution in [2.45, 2.75) is 32.0 Å². The molecule has 3 rings (SSSR count). The fourth-order valence-corrected chi connectivity index (χ4v) is 3.64. The van der Waals surface area contributed by atoms with Crippen LogP contribution in [0.25, 0.3) is 0 Å². The van der Waals surface area contributed by atoms with Crippen LogP contribution in [0, 0.1) is 11.7 Å². The molecule has 1 aromatic carbocycles. The zero-order valence-electron chi connectivity index (χ0n) is 15.8. The first-order chi connectivity index (χ1) is 13.8. The number of amides is 2. The summed E-state index contributed by atoms with van der Waals surface area (Å²) in [7, 11) is 0. The van der Waals surface area contributed by atoms with Crippen molar-refractivity contribution in [3.05, 3.63) is 58.6 Å². The lowest BCUT2D eigenvalue weighted by Crippen LogP contribution is -2.46. The summed E-state index contributed by atoms with van der Waals surface area (Å²) >= 11 is 5.90. The summed E-state index contributed by atoms with van der Waals surface area (Å²) in [5.41, 5.74) is 6.63. The Kier molecular flexibility index (Phi) is 6.46. The van der Waals surface area contributed by atoms with Crippen LogP contribution in [-0.2, 0) is 9.59 Å². The van der Waals surface area contributed by atoms with Gasteiger partial charge in [0.1, 0.15) is 12.0 Å². The van der Waals surface area contributed by atoms with Crippen LogP contribution in [0.5, 0.6) is 0 Å². The molecule has 0 saturated carbocycles. The van der Waals surface area contributed by atoms with E-state index in [-0.39, 0.29) is 22.7 Å². The second kappa shape index (κ2) is 8.86. The molecule has 2 heterocycles. The quantitative estimate of drug-likeness (QED) is 0.522. The van der Waals surface area contributed by atoms with Crippen LogP contribution >= 0.6 is 11.6 Å². The van der Waals surface area contributed by atoms with Crippen molar-refractivity contribution in [3.8, 4) is 0 Å². The lowest BCUT2D eigenvalue weighted by molar-refractivity contribution is -0.146. The van der Waals surface area contributed by atoms with Crippen LogP contribution in [0.1, 0.15) is 43.2 Å². The van der Waals surface area contributed by atoms with E-state index in [0.29, 0.717) is 24.1 Å². The second-order valence-electron chi connectivity index (χ2n) is 7.24. The number of carbonyl (C=O) groups excluding carboxylic acids is 2. The fourth-order valence-electron chi connectivity index (χ4n) is 3.45.